The highest BCUT2D eigenvalue weighted by molar-refractivity contribution is 6.31. The highest BCUT2D eigenvalue weighted by Gasteiger charge is 2.04. The van der Waals surface area contributed by atoms with E-state index in [1.165, 1.54) is 0 Å². The standard InChI is InChI=1S/C14H15ClN2O/c1-2-18-14-13(8-5-9-16-14)17-10-11-6-3-4-7-12(11)15/h3-9,17H,2,10H2,1H3. The van der Waals surface area contributed by atoms with Crippen LogP contribution in [0.3, 0.4) is 0 Å². The Balaban J connectivity index is 2.08. The lowest BCUT2D eigenvalue weighted by molar-refractivity contribution is 0.328. The number of hydrogen-bond acceptors (Lipinski definition) is 3. The monoisotopic (exact) mass is 262 g/mol. The number of nitrogens with zero attached hydrogens (tertiary/aromatic N) is 1. The van der Waals surface area contributed by atoms with Crippen molar-refractivity contribution in [3.8, 4) is 5.88 Å². The molecule has 0 aliphatic carbocycles. The van der Waals surface area contributed by atoms with E-state index in [-0.39, 0.29) is 0 Å². The third-order valence-corrected chi connectivity index (χ3v) is 2.85. The van der Waals surface area contributed by atoms with Crippen LogP contribution in [0.1, 0.15) is 12.5 Å². The van der Waals surface area contributed by atoms with Gasteiger partial charge in [0.25, 0.3) is 0 Å². The fourth-order valence-corrected chi connectivity index (χ4v) is 1.81. The number of ether oxygens (including phenoxy) is 1. The SMILES string of the molecule is CCOc1ncccc1NCc1ccccc1Cl. The average Bonchev–Trinajstić information content (AvgIpc) is 2.40. The van der Waals surface area contributed by atoms with Crippen LogP contribution in [0.4, 0.5) is 5.69 Å². The van der Waals surface area contributed by atoms with Crippen LogP contribution in [-0.4, -0.2) is 11.6 Å². The van der Waals surface area contributed by atoms with Gasteiger partial charge in [0.2, 0.25) is 5.88 Å². The summed E-state index contributed by atoms with van der Waals surface area (Å²) in [6.45, 7) is 3.18. The van der Waals surface area contributed by atoms with Crippen LogP contribution in [0.2, 0.25) is 5.02 Å². The van der Waals surface area contributed by atoms with E-state index >= 15 is 0 Å². The highest BCUT2D eigenvalue weighted by Crippen LogP contribution is 2.22. The molecule has 0 radical (unpaired) electrons. The molecule has 1 aromatic carbocycles. The summed E-state index contributed by atoms with van der Waals surface area (Å²) in [5, 5.41) is 4.04. The minimum atomic E-state index is 0.595. The van der Waals surface area contributed by atoms with Gasteiger partial charge in [-0.05, 0) is 30.7 Å². The Labute approximate surface area is 112 Å². The first-order valence-corrected chi connectivity index (χ1v) is 6.24. The minimum absolute atomic E-state index is 0.595. The third kappa shape index (κ3) is 3.14. The van der Waals surface area contributed by atoms with E-state index in [9.17, 15) is 0 Å². The van der Waals surface area contributed by atoms with Crippen molar-refractivity contribution >= 4 is 17.3 Å². The molecule has 94 valence electrons. The van der Waals surface area contributed by atoms with Gasteiger partial charge in [0.15, 0.2) is 0 Å². The Morgan fingerprint density at radius 1 is 1.22 bits per heavy atom. The van der Waals surface area contributed by atoms with Gasteiger partial charge in [-0.2, -0.15) is 0 Å². The maximum Gasteiger partial charge on any atom is 0.237 e. The van der Waals surface area contributed by atoms with E-state index in [0.29, 0.717) is 19.0 Å². The van der Waals surface area contributed by atoms with Gasteiger partial charge in [0.1, 0.15) is 0 Å². The van der Waals surface area contributed by atoms with Gasteiger partial charge in [0.05, 0.1) is 12.3 Å². The number of halogens is 1. The zero-order chi connectivity index (χ0) is 12.8. The van der Waals surface area contributed by atoms with E-state index in [2.05, 4.69) is 10.3 Å². The summed E-state index contributed by atoms with van der Waals surface area (Å²) in [7, 11) is 0. The van der Waals surface area contributed by atoms with Gasteiger partial charge in [0, 0.05) is 17.8 Å². The zero-order valence-electron chi connectivity index (χ0n) is 10.2. The Morgan fingerprint density at radius 3 is 2.83 bits per heavy atom. The van der Waals surface area contributed by atoms with Crippen LogP contribution in [0.5, 0.6) is 5.88 Å². The first-order chi connectivity index (χ1) is 8.81. The summed E-state index contributed by atoms with van der Waals surface area (Å²) in [4.78, 5) is 4.19. The quantitative estimate of drug-likeness (QED) is 0.891. The topological polar surface area (TPSA) is 34.1 Å². The second-order valence-electron chi connectivity index (χ2n) is 3.73. The number of aromatic nitrogens is 1. The van der Waals surface area contributed by atoms with E-state index < -0.39 is 0 Å². The van der Waals surface area contributed by atoms with Gasteiger partial charge in [-0.25, -0.2) is 4.98 Å². The summed E-state index contributed by atoms with van der Waals surface area (Å²) in [6.07, 6.45) is 1.71. The number of benzene rings is 1. The van der Waals surface area contributed by atoms with Gasteiger partial charge >= 0.3 is 0 Å². The lowest BCUT2D eigenvalue weighted by atomic mass is 10.2. The van der Waals surface area contributed by atoms with Crippen molar-refractivity contribution in [2.24, 2.45) is 0 Å². The van der Waals surface area contributed by atoms with Crippen molar-refractivity contribution in [1.82, 2.24) is 4.98 Å². The van der Waals surface area contributed by atoms with Crippen LogP contribution < -0.4 is 10.1 Å². The summed E-state index contributed by atoms with van der Waals surface area (Å²) in [5.74, 6) is 0.618. The molecule has 4 heteroatoms. The molecule has 0 aliphatic rings. The Kier molecular flexibility index (Phi) is 4.42. The van der Waals surface area contributed by atoms with Crippen molar-refractivity contribution in [1.29, 1.82) is 0 Å². The van der Waals surface area contributed by atoms with Crippen molar-refractivity contribution in [3.63, 3.8) is 0 Å². The lowest BCUT2D eigenvalue weighted by Crippen LogP contribution is -2.04. The molecule has 0 atom stereocenters. The summed E-state index contributed by atoms with van der Waals surface area (Å²) in [5.41, 5.74) is 1.92. The molecule has 0 aliphatic heterocycles. The summed E-state index contributed by atoms with van der Waals surface area (Å²) in [6, 6.07) is 11.6. The van der Waals surface area contributed by atoms with Crippen molar-refractivity contribution in [2.75, 3.05) is 11.9 Å². The van der Waals surface area contributed by atoms with E-state index in [0.717, 1.165) is 16.3 Å². The molecule has 0 saturated heterocycles. The Hall–Kier alpha value is -1.74. The number of hydrogen-bond donors (Lipinski definition) is 1. The van der Waals surface area contributed by atoms with Crippen LogP contribution >= 0.6 is 11.6 Å². The van der Waals surface area contributed by atoms with E-state index in [1.807, 2.05) is 43.3 Å². The molecule has 0 spiro atoms. The van der Waals surface area contributed by atoms with Crippen molar-refractivity contribution in [2.45, 2.75) is 13.5 Å². The maximum atomic E-state index is 6.10. The zero-order valence-corrected chi connectivity index (χ0v) is 10.9. The summed E-state index contributed by atoms with van der Waals surface area (Å²) >= 11 is 6.10. The number of rotatable bonds is 5. The molecule has 0 bridgehead atoms. The van der Waals surface area contributed by atoms with Crippen molar-refractivity contribution < 1.29 is 4.74 Å². The maximum absolute atomic E-state index is 6.10. The molecule has 18 heavy (non-hydrogen) atoms. The Bertz CT molecular complexity index is 517. The van der Waals surface area contributed by atoms with Crippen LogP contribution in [0, 0.1) is 0 Å². The van der Waals surface area contributed by atoms with Gasteiger partial charge in [-0.15, -0.1) is 0 Å². The van der Waals surface area contributed by atoms with Crippen LogP contribution in [0.25, 0.3) is 0 Å². The first kappa shape index (κ1) is 12.7. The molecular formula is C14H15ClN2O. The van der Waals surface area contributed by atoms with E-state index in [4.69, 9.17) is 16.3 Å². The van der Waals surface area contributed by atoms with Crippen LogP contribution in [0.15, 0.2) is 42.6 Å². The largest absolute Gasteiger partial charge is 0.476 e. The minimum Gasteiger partial charge on any atom is -0.476 e. The average molecular weight is 263 g/mol. The molecule has 0 fully saturated rings. The lowest BCUT2D eigenvalue weighted by Gasteiger charge is -2.11. The third-order valence-electron chi connectivity index (χ3n) is 2.48. The predicted molar refractivity (Wildman–Crippen MR) is 74.2 cm³/mol. The fourth-order valence-electron chi connectivity index (χ4n) is 1.61. The highest BCUT2D eigenvalue weighted by atomic mass is 35.5. The summed E-state index contributed by atoms with van der Waals surface area (Å²) < 4.78 is 5.45. The predicted octanol–water partition coefficient (Wildman–Crippen LogP) is 3.75. The molecular weight excluding hydrogens is 248 g/mol. The molecule has 2 rings (SSSR count). The molecule has 1 aromatic heterocycles. The molecule has 1 N–H and O–H groups in total. The molecule has 1 heterocycles. The second-order valence-corrected chi connectivity index (χ2v) is 4.14. The first-order valence-electron chi connectivity index (χ1n) is 5.86. The fraction of sp³-hybridized carbons (Fsp3) is 0.214. The second kappa shape index (κ2) is 6.26. The molecule has 0 amide bonds. The molecule has 3 nitrogen and oxygen atoms in total. The van der Waals surface area contributed by atoms with Crippen LogP contribution in [-0.2, 0) is 6.54 Å². The molecule has 0 unspecified atom stereocenters. The Morgan fingerprint density at radius 2 is 2.06 bits per heavy atom. The van der Waals surface area contributed by atoms with Crippen molar-refractivity contribution in [3.05, 3.63) is 53.2 Å². The van der Waals surface area contributed by atoms with E-state index in [1.54, 1.807) is 6.20 Å². The van der Waals surface area contributed by atoms with Gasteiger partial charge in [-0.1, -0.05) is 29.8 Å². The molecule has 0 saturated carbocycles. The smallest absolute Gasteiger partial charge is 0.237 e. The number of anilines is 1. The number of nitrogens with one attached hydrogen (secondary N) is 1. The van der Waals surface area contributed by atoms with Gasteiger partial charge in [-0.3, -0.25) is 0 Å². The number of pyridine rings is 1. The van der Waals surface area contributed by atoms with Gasteiger partial charge < -0.3 is 10.1 Å². The normalized spacial score (nSPS) is 10.1. The molecule has 2 aromatic rings.